The van der Waals surface area contributed by atoms with Gasteiger partial charge in [0.2, 0.25) is 0 Å². The fourth-order valence-corrected chi connectivity index (χ4v) is 1.02. The van der Waals surface area contributed by atoms with Crippen molar-refractivity contribution in [3.8, 4) is 0 Å². The van der Waals surface area contributed by atoms with E-state index in [0.717, 1.165) is 0 Å². The third kappa shape index (κ3) is 1.90. The molecule has 0 aromatic rings. The highest BCUT2D eigenvalue weighted by atomic mass is 16.5. The standard InChI is InChI=1S/C8H10O3/c1-5-3-7(4-8(5)10)11-6(2)9/h4-5H,3H2,1-2H3. The van der Waals surface area contributed by atoms with E-state index >= 15 is 0 Å². The highest BCUT2D eigenvalue weighted by Crippen LogP contribution is 2.21. The van der Waals surface area contributed by atoms with E-state index in [9.17, 15) is 9.59 Å². The Morgan fingerprint density at radius 2 is 2.36 bits per heavy atom. The molecule has 0 bridgehead atoms. The van der Waals surface area contributed by atoms with Crippen LogP contribution < -0.4 is 0 Å². The molecule has 0 aromatic carbocycles. The first kappa shape index (κ1) is 7.98. The molecular formula is C8H10O3. The lowest BCUT2D eigenvalue weighted by molar-refractivity contribution is -0.137. The molecule has 0 aromatic heterocycles. The number of ether oxygens (including phenoxy) is 1. The summed E-state index contributed by atoms with van der Waals surface area (Å²) in [5.74, 6) is 0.152. The Bertz CT molecular complexity index is 227. The number of rotatable bonds is 1. The molecule has 1 aliphatic carbocycles. The highest BCUT2D eigenvalue weighted by molar-refractivity contribution is 5.94. The van der Waals surface area contributed by atoms with Crippen LogP contribution in [-0.4, -0.2) is 11.8 Å². The van der Waals surface area contributed by atoms with Crippen molar-refractivity contribution in [1.29, 1.82) is 0 Å². The molecule has 11 heavy (non-hydrogen) atoms. The van der Waals surface area contributed by atoms with Crippen molar-refractivity contribution >= 4 is 11.8 Å². The highest BCUT2D eigenvalue weighted by Gasteiger charge is 2.22. The zero-order valence-electron chi connectivity index (χ0n) is 6.59. The van der Waals surface area contributed by atoms with Gasteiger partial charge in [0, 0.05) is 25.3 Å². The quantitative estimate of drug-likeness (QED) is 0.530. The SMILES string of the molecule is CC(=O)OC1=CC(=O)C(C)C1. The van der Waals surface area contributed by atoms with Gasteiger partial charge in [0.05, 0.1) is 0 Å². The number of hydrogen-bond acceptors (Lipinski definition) is 3. The average Bonchev–Trinajstić information content (AvgIpc) is 2.10. The molecule has 3 heteroatoms. The minimum atomic E-state index is -0.363. The minimum Gasteiger partial charge on any atom is -0.431 e. The van der Waals surface area contributed by atoms with Crippen LogP contribution in [0.4, 0.5) is 0 Å². The van der Waals surface area contributed by atoms with Crippen LogP contribution in [0.3, 0.4) is 0 Å². The summed E-state index contributed by atoms with van der Waals surface area (Å²) in [5.41, 5.74) is 0. The summed E-state index contributed by atoms with van der Waals surface area (Å²) in [5, 5.41) is 0. The molecule has 0 spiro atoms. The maximum Gasteiger partial charge on any atom is 0.307 e. The van der Waals surface area contributed by atoms with Crippen LogP contribution in [0, 0.1) is 5.92 Å². The molecule has 0 saturated carbocycles. The predicted octanol–water partition coefficient (Wildman–Crippen LogP) is 1.04. The van der Waals surface area contributed by atoms with Gasteiger partial charge in [-0.15, -0.1) is 0 Å². The first-order valence-corrected chi connectivity index (χ1v) is 3.52. The number of hydrogen-bond donors (Lipinski definition) is 0. The monoisotopic (exact) mass is 154 g/mol. The van der Waals surface area contributed by atoms with Crippen LogP contribution in [-0.2, 0) is 14.3 Å². The number of esters is 1. The molecule has 1 aliphatic rings. The Hall–Kier alpha value is -1.12. The van der Waals surface area contributed by atoms with Crippen LogP contribution in [0.15, 0.2) is 11.8 Å². The molecule has 1 atom stereocenters. The zero-order valence-corrected chi connectivity index (χ0v) is 6.59. The van der Waals surface area contributed by atoms with Crippen molar-refractivity contribution in [2.45, 2.75) is 20.3 Å². The molecule has 0 saturated heterocycles. The first-order chi connectivity index (χ1) is 5.09. The topological polar surface area (TPSA) is 43.4 Å². The number of carbonyl (C=O) groups is 2. The second kappa shape index (κ2) is 2.86. The Kier molecular flexibility index (Phi) is 2.08. The summed E-state index contributed by atoms with van der Waals surface area (Å²) in [6.07, 6.45) is 1.95. The summed E-state index contributed by atoms with van der Waals surface area (Å²) in [4.78, 5) is 21.3. The maximum absolute atomic E-state index is 10.9. The molecule has 1 rings (SSSR count). The largest absolute Gasteiger partial charge is 0.431 e. The number of allylic oxidation sites excluding steroid dienone is 2. The molecule has 1 unspecified atom stereocenters. The van der Waals surface area contributed by atoms with Gasteiger partial charge >= 0.3 is 5.97 Å². The summed E-state index contributed by atoms with van der Waals surface area (Å²) in [6, 6.07) is 0. The predicted molar refractivity (Wildman–Crippen MR) is 38.6 cm³/mol. The fraction of sp³-hybridized carbons (Fsp3) is 0.500. The molecule has 0 radical (unpaired) electrons. The van der Waals surface area contributed by atoms with Crippen molar-refractivity contribution in [2.75, 3.05) is 0 Å². The Labute approximate surface area is 65.0 Å². The lowest BCUT2D eigenvalue weighted by Crippen LogP contribution is -2.00. The Morgan fingerprint density at radius 1 is 1.73 bits per heavy atom. The molecular weight excluding hydrogens is 144 g/mol. The van der Waals surface area contributed by atoms with Gasteiger partial charge in [-0.25, -0.2) is 0 Å². The zero-order chi connectivity index (χ0) is 8.43. The van der Waals surface area contributed by atoms with Crippen LogP contribution in [0.5, 0.6) is 0 Å². The van der Waals surface area contributed by atoms with Gasteiger partial charge < -0.3 is 4.74 Å². The van der Waals surface area contributed by atoms with E-state index in [4.69, 9.17) is 4.74 Å². The summed E-state index contributed by atoms with van der Waals surface area (Å²) in [6.45, 7) is 3.14. The molecule has 0 aliphatic heterocycles. The van der Waals surface area contributed by atoms with Crippen LogP contribution in [0.2, 0.25) is 0 Å². The molecule has 0 heterocycles. The molecule has 0 fully saturated rings. The van der Waals surface area contributed by atoms with Gasteiger partial charge in [-0.3, -0.25) is 9.59 Å². The summed E-state index contributed by atoms with van der Waals surface area (Å²) in [7, 11) is 0. The second-order valence-electron chi connectivity index (χ2n) is 2.71. The average molecular weight is 154 g/mol. The van der Waals surface area contributed by atoms with Crippen LogP contribution in [0.25, 0.3) is 0 Å². The molecule has 0 amide bonds. The number of ketones is 1. The van der Waals surface area contributed by atoms with E-state index in [2.05, 4.69) is 0 Å². The van der Waals surface area contributed by atoms with Crippen molar-refractivity contribution in [1.82, 2.24) is 0 Å². The van der Waals surface area contributed by atoms with E-state index in [1.54, 1.807) is 0 Å². The minimum absolute atomic E-state index is 0.0238. The van der Waals surface area contributed by atoms with Gasteiger partial charge in [-0.05, 0) is 0 Å². The van der Waals surface area contributed by atoms with E-state index in [1.807, 2.05) is 6.92 Å². The van der Waals surface area contributed by atoms with E-state index in [0.29, 0.717) is 12.2 Å². The lowest BCUT2D eigenvalue weighted by Gasteiger charge is -2.00. The van der Waals surface area contributed by atoms with Crippen LogP contribution in [0.1, 0.15) is 20.3 Å². The van der Waals surface area contributed by atoms with E-state index in [1.165, 1.54) is 13.0 Å². The van der Waals surface area contributed by atoms with Crippen molar-refractivity contribution in [3.05, 3.63) is 11.8 Å². The second-order valence-corrected chi connectivity index (χ2v) is 2.71. The third-order valence-corrected chi connectivity index (χ3v) is 1.57. The van der Waals surface area contributed by atoms with Crippen molar-refractivity contribution in [3.63, 3.8) is 0 Å². The van der Waals surface area contributed by atoms with Crippen LogP contribution >= 0.6 is 0 Å². The lowest BCUT2D eigenvalue weighted by atomic mass is 10.1. The molecule has 0 N–H and O–H groups in total. The fourth-order valence-electron chi connectivity index (χ4n) is 1.02. The Balaban J connectivity index is 2.57. The third-order valence-electron chi connectivity index (χ3n) is 1.57. The smallest absolute Gasteiger partial charge is 0.307 e. The Morgan fingerprint density at radius 3 is 2.73 bits per heavy atom. The van der Waals surface area contributed by atoms with E-state index in [-0.39, 0.29) is 17.7 Å². The van der Waals surface area contributed by atoms with Gasteiger partial charge in [-0.2, -0.15) is 0 Å². The normalized spacial score (nSPS) is 23.3. The maximum atomic E-state index is 10.9. The molecule has 3 nitrogen and oxygen atoms in total. The summed E-state index contributed by atoms with van der Waals surface area (Å²) >= 11 is 0. The van der Waals surface area contributed by atoms with Crippen molar-refractivity contribution < 1.29 is 14.3 Å². The molecule has 60 valence electrons. The summed E-state index contributed by atoms with van der Waals surface area (Å²) < 4.78 is 4.75. The van der Waals surface area contributed by atoms with E-state index < -0.39 is 0 Å². The van der Waals surface area contributed by atoms with Gasteiger partial charge in [0.15, 0.2) is 5.78 Å². The van der Waals surface area contributed by atoms with Crippen molar-refractivity contribution in [2.24, 2.45) is 5.92 Å². The van der Waals surface area contributed by atoms with Gasteiger partial charge in [0.25, 0.3) is 0 Å². The van der Waals surface area contributed by atoms with Gasteiger partial charge in [-0.1, -0.05) is 6.92 Å². The first-order valence-electron chi connectivity index (χ1n) is 3.52. The van der Waals surface area contributed by atoms with Gasteiger partial charge in [0.1, 0.15) is 5.76 Å². The number of carbonyl (C=O) groups excluding carboxylic acids is 2.